The number of piperidine rings is 1. The van der Waals surface area contributed by atoms with Gasteiger partial charge in [0, 0.05) is 43.1 Å². The van der Waals surface area contributed by atoms with Crippen molar-refractivity contribution in [1.82, 2.24) is 10.2 Å². The van der Waals surface area contributed by atoms with Crippen molar-refractivity contribution in [2.24, 2.45) is 17.8 Å². The standard InChI is InChI=1S/C27H38N4O2/c32-25(31-10-2-1-3-11-31)23-15-22(6-7-24(23)30-8-4-5-9-30)28-26(33)29-27-16-19-12-20(17-27)14-21(13-19)18-27/h6-7,15,19-21H,1-5,8-14,16-18H2,(H2,28,29,33). The molecule has 33 heavy (non-hydrogen) atoms. The van der Waals surface area contributed by atoms with E-state index in [1.165, 1.54) is 38.5 Å². The molecule has 6 fully saturated rings. The largest absolute Gasteiger partial charge is 0.371 e. The molecule has 6 nitrogen and oxygen atoms in total. The minimum Gasteiger partial charge on any atom is -0.371 e. The van der Waals surface area contributed by atoms with Crippen molar-refractivity contribution < 1.29 is 9.59 Å². The third-order valence-electron chi connectivity index (χ3n) is 8.99. The molecule has 0 aromatic heterocycles. The minimum atomic E-state index is -0.109. The molecule has 1 aromatic carbocycles. The number of carbonyl (C=O) groups excluding carboxylic acids is 2. The van der Waals surface area contributed by atoms with Crippen molar-refractivity contribution in [2.45, 2.75) is 76.2 Å². The highest BCUT2D eigenvalue weighted by Gasteiger charge is 2.51. The van der Waals surface area contributed by atoms with E-state index >= 15 is 0 Å². The van der Waals surface area contributed by atoms with E-state index in [1.807, 2.05) is 23.1 Å². The summed E-state index contributed by atoms with van der Waals surface area (Å²) in [5.41, 5.74) is 2.47. The van der Waals surface area contributed by atoms with Gasteiger partial charge in [0.25, 0.3) is 5.91 Å². The summed E-state index contributed by atoms with van der Waals surface area (Å²) >= 11 is 0. The number of hydrogen-bond donors (Lipinski definition) is 2. The number of urea groups is 1. The molecule has 6 heteroatoms. The Balaban J connectivity index is 1.20. The summed E-state index contributed by atoms with van der Waals surface area (Å²) in [5, 5.41) is 6.49. The monoisotopic (exact) mass is 450 g/mol. The van der Waals surface area contributed by atoms with Crippen LogP contribution in [0.25, 0.3) is 0 Å². The van der Waals surface area contributed by atoms with Crippen LogP contribution in [-0.2, 0) is 0 Å². The van der Waals surface area contributed by atoms with E-state index < -0.39 is 0 Å². The van der Waals surface area contributed by atoms with Crippen LogP contribution in [0.15, 0.2) is 18.2 Å². The van der Waals surface area contributed by atoms with Gasteiger partial charge in [0.05, 0.1) is 5.56 Å². The molecule has 2 heterocycles. The second kappa shape index (κ2) is 8.52. The minimum absolute atomic E-state index is 0.0131. The average Bonchev–Trinajstić information content (AvgIpc) is 3.32. The Kier molecular flexibility index (Phi) is 5.50. The molecule has 2 N–H and O–H groups in total. The van der Waals surface area contributed by atoms with E-state index in [1.54, 1.807) is 0 Å². The maximum atomic E-state index is 13.5. The van der Waals surface area contributed by atoms with E-state index in [-0.39, 0.29) is 17.5 Å². The van der Waals surface area contributed by atoms with Crippen LogP contribution in [0, 0.1) is 17.8 Å². The van der Waals surface area contributed by atoms with Crippen LogP contribution in [0.2, 0.25) is 0 Å². The molecule has 2 aliphatic heterocycles. The molecule has 6 aliphatic rings. The van der Waals surface area contributed by atoms with E-state index in [0.717, 1.165) is 93.0 Å². The number of nitrogens with zero attached hydrogens (tertiary/aromatic N) is 2. The highest BCUT2D eigenvalue weighted by atomic mass is 16.2. The Morgan fingerprint density at radius 1 is 0.818 bits per heavy atom. The van der Waals surface area contributed by atoms with Crippen molar-refractivity contribution in [2.75, 3.05) is 36.4 Å². The van der Waals surface area contributed by atoms with Crippen LogP contribution >= 0.6 is 0 Å². The van der Waals surface area contributed by atoms with Gasteiger partial charge in [-0.3, -0.25) is 4.79 Å². The molecular weight excluding hydrogens is 412 g/mol. The molecule has 0 atom stereocenters. The van der Waals surface area contributed by atoms with Gasteiger partial charge in [-0.15, -0.1) is 0 Å². The van der Waals surface area contributed by atoms with Gasteiger partial charge in [0.15, 0.2) is 0 Å². The molecule has 178 valence electrons. The number of rotatable bonds is 4. The number of benzene rings is 1. The molecule has 0 unspecified atom stereocenters. The molecule has 4 saturated carbocycles. The molecule has 1 aromatic rings. The van der Waals surface area contributed by atoms with Gasteiger partial charge in [0.2, 0.25) is 0 Å². The summed E-state index contributed by atoms with van der Waals surface area (Å²) in [6, 6.07) is 5.83. The van der Waals surface area contributed by atoms with E-state index in [0.29, 0.717) is 0 Å². The lowest BCUT2D eigenvalue weighted by atomic mass is 9.53. The van der Waals surface area contributed by atoms with Crippen molar-refractivity contribution in [1.29, 1.82) is 0 Å². The highest BCUT2D eigenvalue weighted by Crippen LogP contribution is 2.55. The van der Waals surface area contributed by atoms with Gasteiger partial charge >= 0.3 is 6.03 Å². The van der Waals surface area contributed by atoms with E-state index in [4.69, 9.17) is 0 Å². The quantitative estimate of drug-likeness (QED) is 0.678. The average molecular weight is 451 g/mol. The summed E-state index contributed by atoms with van der Waals surface area (Å²) in [7, 11) is 0. The summed E-state index contributed by atoms with van der Waals surface area (Å²) in [6.45, 7) is 3.67. The maximum absolute atomic E-state index is 13.5. The predicted octanol–water partition coefficient (Wildman–Crippen LogP) is 5.00. The Hall–Kier alpha value is -2.24. The molecule has 0 radical (unpaired) electrons. The van der Waals surface area contributed by atoms with E-state index in [9.17, 15) is 9.59 Å². The number of likely N-dealkylation sites (tertiary alicyclic amines) is 1. The van der Waals surface area contributed by atoms with Crippen molar-refractivity contribution in [3.63, 3.8) is 0 Å². The van der Waals surface area contributed by atoms with Crippen LogP contribution in [0.3, 0.4) is 0 Å². The lowest BCUT2D eigenvalue weighted by molar-refractivity contribution is -0.0127. The summed E-state index contributed by atoms with van der Waals surface area (Å²) in [6.07, 6.45) is 13.2. The Morgan fingerprint density at radius 2 is 1.42 bits per heavy atom. The summed E-state index contributed by atoms with van der Waals surface area (Å²) in [4.78, 5) is 30.9. The number of anilines is 2. The fourth-order valence-electron chi connectivity index (χ4n) is 7.95. The first-order valence-corrected chi connectivity index (χ1v) is 13.3. The fourth-order valence-corrected chi connectivity index (χ4v) is 7.95. The van der Waals surface area contributed by atoms with E-state index in [2.05, 4.69) is 15.5 Å². The topological polar surface area (TPSA) is 64.7 Å². The second-order valence-electron chi connectivity index (χ2n) is 11.6. The normalized spacial score (nSPS) is 32.8. The number of hydrogen-bond acceptors (Lipinski definition) is 3. The molecule has 4 bridgehead atoms. The Bertz CT molecular complexity index is 881. The van der Waals surface area contributed by atoms with Gasteiger partial charge in [-0.25, -0.2) is 4.79 Å². The zero-order valence-corrected chi connectivity index (χ0v) is 19.8. The third-order valence-corrected chi connectivity index (χ3v) is 8.99. The van der Waals surface area contributed by atoms with Crippen LogP contribution in [0.5, 0.6) is 0 Å². The van der Waals surface area contributed by atoms with Crippen molar-refractivity contribution >= 4 is 23.3 Å². The third kappa shape index (κ3) is 4.22. The lowest BCUT2D eigenvalue weighted by Crippen LogP contribution is -2.60. The SMILES string of the molecule is O=C(Nc1ccc(N2CCCC2)c(C(=O)N2CCCCC2)c1)NC12CC3CC(CC(C3)C1)C2. The zero-order valence-electron chi connectivity index (χ0n) is 19.8. The first-order chi connectivity index (χ1) is 16.1. The van der Waals surface area contributed by atoms with Gasteiger partial charge in [-0.2, -0.15) is 0 Å². The van der Waals surface area contributed by atoms with Crippen molar-refractivity contribution in [3.8, 4) is 0 Å². The van der Waals surface area contributed by atoms with Crippen LogP contribution in [0.1, 0.15) is 81.0 Å². The predicted molar refractivity (Wildman–Crippen MR) is 131 cm³/mol. The molecular formula is C27H38N4O2. The fraction of sp³-hybridized carbons (Fsp3) is 0.704. The Labute approximate surface area is 197 Å². The smallest absolute Gasteiger partial charge is 0.319 e. The molecule has 4 aliphatic carbocycles. The number of amides is 3. The first-order valence-electron chi connectivity index (χ1n) is 13.3. The lowest BCUT2D eigenvalue weighted by Gasteiger charge is -2.56. The first kappa shape index (κ1) is 21.3. The number of nitrogens with one attached hydrogen (secondary N) is 2. The molecule has 2 saturated heterocycles. The summed E-state index contributed by atoms with van der Waals surface area (Å²) < 4.78 is 0. The van der Waals surface area contributed by atoms with Crippen LogP contribution < -0.4 is 15.5 Å². The highest BCUT2D eigenvalue weighted by molar-refractivity contribution is 6.02. The van der Waals surface area contributed by atoms with Gasteiger partial charge < -0.3 is 20.4 Å². The van der Waals surface area contributed by atoms with Gasteiger partial charge in [0.1, 0.15) is 0 Å². The second-order valence-corrected chi connectivity index (χ2v) is 11.6. The van der Waals surface area contributed by atoms with Crippen molar-refractivity contribution in [3.05, 3.63) is 23.8 Å². The van der Waals surface area contributed by atoms with Crippen LogP contribution in [0.4, 0.5) is 16.2 Å². The summed E-state index contributed by atoms with van der Waals surface area (Å²) in [5.74, 6) is 2.50. The molecule has 7 rings (SSSR count). The van der Waals surface area contributed by atoms with Gasteiger partial charge in [-0.05, 0) is 107 Å². The Morgan fingerprint density at radius 3 is 2.06 bits per heavy atom. The van der Waals surface area contributed by atoms with Gasteiger partial charge in [-0.1, -0.05) is 0 Å². The number of carbonyl (C=O) groups is 2. The van der Waals surface area contributed by atoms with Crippen LogP contribution in [-0.4, -0.2) is 48.6 Å². The molecule has 3 amide bonds. The molecule has 0 spiro atoms. The maximum Gasteiger partial charge on any atom is 0.319 e. The zero-order chi connectivity index (χ0) is 22.4.